The van der Waals surface area contributed by atoms with Crippen molar-refractivity contribution in [3.63, 3.8) is 0 Å². The van der Waals surface area contributed by atoms with Gasteiger partial charge in [0.25, 0.3) is 5.91 Å². The highest BCUT2D eigenvalue weighted by molar-refractivity contribution is 5.92. The summed E-state index contributed by atoms with van der Waals surface area (Å²) in [6, 6.07) is 11.6. The van der Waals surface area contributed by atoms with Gasteiger partial charge in [0.05, 0.1) is 5.56 Å². The summed E-state index contributed by atoms with van der Waals surface area (Å²) in [6.07, 6.45) is 0. The third kappa shape index (κ3) is 3.85. The Morgan fingerprint density at radius 2 is 1.77 bits per heavy atom. The second-order valence-electron chi connectivity index (χ2n) is 4.91. The molecule has 5 nitrogen and oxygen atoms in total. The Kier molecular flexibility index (Phi) is 4.78. The summed E-state index contributed by atoms with van der Waals surface area (Å²) in [6.45, 7) is 3.78. The average Bonchev–Trinajstić information content (AvgIpc) is 2.50. The molecule has 2 rings (SSSR count). The van der Waals surface area contributed by atoms with Gasteiger partial charge in [-0.2, -0.15) is 0 Å². The summed E-state index contributed by atoms with van der Waals surface area (Å²) in [5.74, 6) is -0.823. The molecule has 0 aliphatic carbocycles. The first kappa shape index (κ1) is 15.6. The van der Waals surface area contributed by atoms with Gasteiger partial charge in [-0.1, -0.05) is 12.1 Å². The van der Waals surface area contributed by atoms with Crippen molar-refractivity contribution in [2.45, 2.75) is 13.8 Å². The van der Waals surface area contributed by atoms with Gasteiger partial charge in [-0.3, -0.25) is 4.79 Å². The van der Waals surface area contributed by atoms with Crippen LogP contribution in [0.25, 0.3) is 0 Å². The van der Waals surface area contributed by atoms with E-state index in [1.165, 1.54) is 24.3 Å². The number of hydrogen-bond donors (Lipinski definition) is 2. The molecule has 0 radical (unpaired) electrons. The first-order valence-electron chi connectivity index (χ1n) is 6.79. The van der Waals surface area contributed by atoms with Crippen molar-refractivity contribution < 1.29 is 19.4 Å². The molecule has 0 fully saturated rings. The summed E-state index contributed by atoms with van der Waals surface area (Å²) >= 11 is 0. The van der Waals surface area contributed by atoms with E-state index in [1.54, 1.807) is 0 Å². The van der Waals surface area contributed by atoms with E-state index in [0.717, 1.165) is 16.8 Å². The normalized spacial score (nSPS) is 10.1. The van der Waals surface area contributed by atoms with Crippen LogP contribution in [-0.2, 0) is 4.79 Å². The maximum atomic E-state index is 11.9. The quantitative estimate of drug-likeness (QED) is 0.890. The minimum absolute atomic E-state index is 0.139. The Morgan fingerprint density at radius 1 is 1.09 bits per heavy atom. The van der Waals surface area contributed by atoms with Crippen LogP contribution in [0.15, 0.2) is 42.5 Å². The van der Waals surface area contributed by atoms with E-state index in [9.17, 15) is 9.59 Å². The standard InChI is InChI=1S/C17H17NO4/c1-11-4-3-5-15(12(11)2)18-16(19)10-22-14-8-6-13(7-9-14)17(20)21/h3-9H,10H2,1-2H3,(H,18,19)(H,20,21). The molecule has 0 aliphatic rings. The molecule has 2 aromatic rings. The smallest absolute Gasteiger partial charge is 0.335 e. The van der Waals surface area contributed by atoms with Gasteiger partial charge in [0.2, 0.25) is 0 Å². The number of carboxylic acids is 1. The van der Waals surface area contributed by atoms with Crippen LogP contribution in [0.2, 0.25) is 0 Å². The van der Waals surface area contributed by atoms with Gasteiger partial charge < -0.3 is 15.2 Å². The molecule has 114 valence electrons. The predicted molar refractivity (Wildman–Crippen MR) is 83.4 cm³/mol. The number of anilines is 1. The van der Waals surface area contributed by atoms with E-state index < -0.39 is 5.97 Å². The summed E-state index contributed by atoms with van der Waals surface area (Å²) in [5, 5.41) is 11.6. The lowest BCUT2D eigenvalue weighted by Gasteiger charge is -2.11. The minimum Gasteiger partial charge on any atom is -0.484 e. The molecule has 0 heterocycles. The van der Waals surface area contributed by atoms with Crippen LogP contribution < -0.4 is 10.1 Å². The number of aromatic carboxylic acids is 1. The predicted octanol–water partition coefficient (Wildman–Crippen LogP) is 3.02. The average molecular weight is 299 g/mol. The number of rotatable bonds is 5. The number of benzene rings is 2. The van der Waals surface area contributed by atoms with Gasteiger partial charge in [-0.05, 0) is 55.3 Å². The lowest BCUT2D eigenvalue weighted by molar-refractivity contribution is -0.118. The number of ether oxygens (including phenoxy) is 1. The molecule has 0 unspecified atom stereocenters. The number of amides is 1. The van der Waals surface area contributed by atoms with Crippen molar-refractivity contribution in [2.24, 2.45) is 0 Å². The van der Waals surface area contributed by atoms with Gasteiger partial charge >= 0.3 is 5.97 Å². The summed E-state index contributed by atoms with van der Waals surface area (Å²) in [7, 11) is 0. The Labute approximate surface area is 128 Å². The lowest BCUT2D eigenvalue weighted by Crippen LogP contribution is -2.20. The number of carboxylic acid groups (broad SMARTS) is 1. The molecule has 22 heavy (non-hydrogen) atoms. The maximum Gasteiger partial charge on any atom is 0.335 e. The molecule has 0 bridgehead atoms. The molecular formula is C17H17NO4. The summed E-state index contributed by atoms with van der Waals surface area (Å²) in [5.41, 5.74) is 3.05. The molecule has 2 N–H and O–H groups in total. The van der Waals surface area contributed by atoms with Crippen LogP contribution in [0.4, 0.5) is 5.69 Å². The van der Waals surface area contributed by atoms with Crippen molar-refractivity contribution in [3.8, 4) is 5.75 Å². The zero-order valence-corrected chi connectivity index (χ0v) is 12.4. The second kappa shape index (κ2) is 6.76. The van der Waals surface area contributed by atoms with E-state index in [4.69, 9.17) is 9.84 Å². The first-order chi connectivity index (χ1) is 10.5. The molecule has 0 aromatic heterocycles. The third-order valence-electron chi connectivity index (χ3n) is 3.35. The van der Waals surface area contributed by atoms with Crippen LogP contribution in [0.5, 0.6) is 5.75 Å². The minimum atomic E-state index is -1.00. The van der Waals surface area contributed by atoms with E-state index in [1.807, 2.05) is 32.0 Å². The first-order valence-corrected chi connectivity index (χ1v) is 6.79. The highest BCUT2D eigenvalue weighted by atomic mass is 16.5. The van der Waals surface area contributed by atoms with E-state index in [0.29, 0.717) is 5.75 Å². The largest absolute Gasteiger partial charge is 0.484 e. The van der Waals surface area contributed by atoms with E-state index >= 15 is 0 Å². The Hall–Kier alpha value is -2.82. The van der Waals surface area contributed by atoms with Crippen LogP contribution in [0.3, 0.4) is 0 Å². The van der Waals surface area contributed by atoms with Crippen molar-refractivity contribution in [2.75, 3.05) is 11.9 Å². The summed E-state index contributed by atoms with van der Waals surface area (Å²) in [4.78, 5) is 22.6. The SMILES string of the molecule is Cc1cccc(NC(=O)COc2ccc(C(=O)O)cc2)c1C. The molecule has 2 aromatic carbocycles. The molecule has 0 saturated carbocycles. The number of aryl methyl sites for hydroxylation is 1. The van der Waals surface area contributed by atoms with E-state index in [2.05, 4.69) is 5.32 Å². The monoisotopic (exact) mass is 299 g/mol. The van der Waals surface area contributed by atoms with Gasteiger partial charge in [-0.15, -0.1) is 0 Å². The molecule has 5 heteroatoms. The number of carbonyl (C=O) groups is 2. The van der Waals surface area contributed by atoms with Crippen LogP contribution >= 0.6 is 0 Å². The number of nitrogens with one attached hydrogen (secondary N) is 1. The Balaban J connectivity index is 1.92. The fourth-order valence-electron chi connectivity index (χ4n) is 1.92. The van der Waals surface area contributed by atoms with Gasteiger partial charge in [0, 0.05) is 5.69 Å². The highest BCUT2D eigenvalue weighted by Crippen LogP contribution is 2.18. The topological polar surface area (TPSA) is 75.6 Å². The van der Waals surface area contributed by atoms with Gasteiger partial charge in [0.1, 0.15) is 5.75 Å². The summed E-state index contributed by atoms with van der Waals surface area (Å²) < 4.78 is 5.34. The number of hydrogen-bond acceptors (Lipinski definition) is 3. The third-order valence-corrected chi connectivity index (χ3v) is 3.35. The number of carbonyl (C=O) groups excluding carboxylic acids is 1. The fraction of sp³-hybridized carbons (Fsp3) is 0.176. The second-order valence-corrected chi connectivity index (χ2v) is 4.91. The van der Waals surface area contributed by atoms with Crippen molar-refractivity contribution in [1.82, 2.24) is 0 Å². The highest BCUT2D eigenvalue weighted by Gasteiger charge is 2.07. The zero-order chi connectivity index (χ0) is 16.1. The van der Waals surface area contributed by atoms with Crippen LogP contribution in [0, 0.1) is 13.8 Å². The molecule has 1 amide bonds. The Bertz CT molecular complexity index is 692. The maximum absolute atomic E-state index is 11.9. The Morgan fingerprint density at radius 3 is 2.41 bits per heavy atom. The molecule has 0 aliphatic heterocycles. The van der Waals surface area contributed by atoms with E-state index in [-0.39, 0.29) is 18.1 Å². The van der Waals surface area contributed by atoms with Crippen LogP contribution in [0.1, 0.15) is 21.5 Å². The van der Waals surface area contributed by atoms with Gasteiger partial charge in [-0.25, -0.2) is 4.79 Å². The molecule has 0 saturated heterocycles. The van der Waals surface area contributed by atoms with Crippen molar-refractivity contribution in [3.05, 3.63) is 59.2 Å². The zero-order valence-electron chi connectivity index (χ0n) is 12.4. The molecule has 0 atom stereocenters. The lowest BCUT2D eigenvalue weighted by atomic mass is 10.1. The van der Waals surface area contributed by atoms with Crippen molar-refractivity contribution in [1.29, 1.82) is 0 Å². The van der Waals surface area contributed by atoms with Crippen molar-refractivity contribution >= 4 is 17.6 Å². The molecule has 0 spiro atoms. The van der Waals surface area contributed by atoms with Crippen LogP contribution in [-0.4, -0.2) is 23.6 Å². The van der Waals surface area contributed by atoms with Gasteiger partial charge in [0.15, 0.2) is 6.61 Å². The molecular weight excluding hydrogens is 282 g/mol. The fourth-order valence-corrected chi connectivity index (χ4v) is 1.92.